The average molecular weight is 228 g/mol. The summed E-state index contributed by atoms with van der Waals surface area (Å²) >= 11 is 0. The van der Waals surface area contributed by atoms with Crippen LogP contribution in [0.25, 0.3) is 0 Å². The molecule has 0 bridgehead atoms. The lowest BCUT2D eigenvalue weighted by Gasteiger charge is -2.02. The maximum Gasteiger partial charge on any atom is 0.281 e. The zero-order chi connectivity index (χ0) is 10.1. The summed E-state index contributed by atoms with van der Waals surface area (Å²) in [6, 6.07) is 2.21. The van der Waals surface area contributed by atoms with Crippen LogP contribution in [-0.2, 0) is 9.05 Å². The van der Waals surface area contributed by atoms with E-state index >= 15 is 0 Å². The molecule has 0 atom stereocenters. The van der Waals surface area contributed by atoms with E-state index in [1.165, 1.54) is 6.07 Å². The van der Waals surface area contributed by atoms with Gasteiger partial charge in [0.25, 0.3) is 15.5 Å². The van der Waals surface area contributed by atoms with E-state index in [2.05, 4.69) is 4.98 Å². The number of rotatable bonds is 2. The van der Waals surface area contributed by atoms with Crippen LogP contribution in [0, 0.1) is 0 Å². The number of aromatic nitrogens is 1. The number of pyridine rings is 1. The first-order valence-electron chi connectivity index (χ1n) is 3.10. The van der Waals surface area contributed by atoms with Gasteiger partial charge in [-0.1, -0.05) is 0 Å². The highest BCUT2D eigenvalue weighted by atomic mass is 35.7. The Labute approximate surface area is 77.8 Å². The summed E-state index contributed by atoms with van der Waals surface area (Å²) in [5.74, 6) is 0. The van der Waals surface area contributed by atoms with E-state index in [1.54, 1.807) is 0 Å². The molecule has 0 N–H and O–H groups in total. The van der Waals surface area contributed by atoms with Gasteiger partial charge in [-0.05, 0) is 12.1 Å². The van der Waals surface area contributed by atoms with Gasteiger partial charge in [0.05, 0.1) is 0 Å². The van der Waals surface area contributed by atoms with Gasteiger partial charge in [-0.15, -0.1) is 0 Å². The number of alkyl halides is 2. The highest BCUT2D eigenvalue weighted by molar-refractivity contribution is 8.13. The SMILES string of the molecule is O=S(=O)(Cl)c1cccnc1C(F)F. The van der Waals surface area contributed by atoms with E-state index in [9.17, 15) is 17.2 Å². The van der Waals surface area contributed by atoms with Crippen molar-refractivity contribution >= 4 is 19.7 Å². The molecule has 3 nitrogen and oxygen atoms in total. The number of hydrogen-bond donors (Lipinski definition) is 0. The second-order valence-electron chi connectivity index (χ2n) is 2.13. The van der Waals surface area contributed by atoms with Gasteiger partial charge in [-0.3, -0.25) is 4.98 Å². The summed E-state index contributed by atoms with van der Waals surface area (Å²) in [6.45, 7) is 0. The molecule has 0 amide bonds. The summed E-state index contributed by atoms with van der Waals surface area (Å²) in [7, 11) is 0.758. The van der Waals surface area contributed by atoms with Crippen molar-refractivity contribution in [2.75, 3.05) is 0 Å². The zero-order valence-corrected chi connectivity index (χ0v) is 7.69. The highest BCUT2D eigenvalue weighted by Gasteiger charge is 2.22. The van der Waals surface area contributed by atoms with Gasteiger partial charge in [0.15, 0.2) is 0 Å². The maximum atomic E-state index is 12.2. The van der Waals surface area contributed by atoms with Gasteiger partial charge in [0.2, 0.25) is 0 Å². The Morgan fingerprint density at radius 2 is 2.08 bits per heavy atom. The number of nitrogens with zero attached hydrogens (tertiary/aromatic N) is 1. The van der Waals surface area contributed by atoms with Gasteiger partial charge < -0.3 is 0 Å². The molecule has 7 heteroatoms. The van der Waals surface area contributed by atoms with Gasteiger partial charge in [0, 0.05) is 16.9 Å². The molecule has 0 saturated heterocycles. The fourth-order valence-corrected chi connectivity index (χ4v) is 1.80. The minimum Gasteiger partial charge on any atom is -0.254 e. The van der Waals surface area contributed by atoms with Gasteiger partial charge >= 0.3 is 0 Å². The molecule has 72 valence electrons. The van der Waals surface area contributed by atoms with E-state index in [4.69, 9.17) is 10.7 Å². The number of hydrogen-bond acceptors (Lipinski definition) is 3. The topological polar surface area (TPSA) is 47.0 Å². The van der Waals surface area contributed by atoms with Crippen molar-refractivity contribution in [1.82, 2.24) is 4.98 Å². The molecule has 1 aromatic heterocycles. The predicted octanol–water partition coefficient (Wildman–Crippen LogP) is 1.95. The minimum atomic E-state index is -4.15. The zero-order valence-electron chi connectivity index (χ0n) is 6.12. The Balaban J connectivity index is 3.37. The van der Waals surface area contributed by atoms with Crippen LogP contribution in [0.5, 0.6) is 0 Å². The van der Waals surface area contributed by atoms with Crippen molar-refractivity contribution in [3.63, 3.8) is 0 Å². The van der Waals surface area contributed by atoms with Crippen LogP contribution in [0.15, 0.2) is 23.2 Å². The molecule has 0 aliphatic rings. The van der Waals surface area contributed by atoms with Crippen LogP contribution in [0.2, 0.25) is 0 Å². The third kappa shape index (κ3) is 2.35. The Hall–Kier alpha value is -0.750. The second kappa shape index (κ2) is 3.55. The lowest BCUT2D eigenvalue weighted by molar-refractivity contribution is 0.142. The van der Waals surface area contributed by atoms with Gasteiger partial charge in [-0.2, -0.15) is 0 Å². The summed E-state index contributed by atoms with van der Waals surface area (Å²) in [5.41, 5.74) is -0.822. The fourth-order valence-electron chi connectivity index (χ4n) is 0.773. The van der Waals surface area contributed by atoms with Crippen molar-refractivity contribution in [2.45, 2.75) is 11.3 Å². The molecule has 0 aliphatic carbocycles. The Morgan fingerprint density at radius 3 is 2.46 bits per heavy atom. The number of halogens is 3. The van der Waals surface area contributed by atoms with Crippen LogP contribution < -0.4 is 0 Å². The molecule has 13 heavy (non-hydrogen) atoms. The van der Waals surface area contributed by atoms with E-state index in [0.717, 1.165) is 12.3 Å². The Morgan fingerprint density at radius 1 is 1.46 bits per heavy atom. The van der Waals surface area contributed by atoms with Crippen molar-refractivity contribution in [1.29, 1.82) is 0 Å². The maximum absolute atomic E-state index is 12.2. The molecular weight excluding hydrogens is 224 g/mol. The largest absolute Gasteiger partial charge is 0.281 e. The first-order chi connectivity index (χ1) is 5.93. The second-order valence-corrected chi connectivity index (χ2v) is 4.66. The normalized spacial score (nSPS) is 12.0. The van der Waals surface area contributed by atoms with E-state index in [0.29, 0.717) is 0 Å². The Bertz CT molecular complexity index is 407. The first-order valence-corrected chi connectivity index (χ1v) is 5.41. The molecule has 1 rings (SSSR count). The molecule has 1 aromatic rings. The monoisotopic (exact) mass is 227 g/mol. The summed E-state index contributed by atoms with van der Waals surface area (Å²) in [4.78, 5) is 2.58. The molecule has 0 spiro atoms. The summed E-state index contributed by atoms with van der Waals surface area (Å²) < 4.78 is 45.8. The van der Waals surface area contributed by atoms with Crippen LogP contribution >= 0.6 is 10.7 Å². The lowest BCUT2D eigenvalue weighted by atomic mass is 10.4. The summed E-state index contributed by atoms with van der Waals surface area (Å²) in [5, 5.41) is 0. The first kappa shape index (κ1) is 10.3. The van der Waals surface area contributed by atoms with Crippen LogP contribution in [0.4, 0.5) is 8.78 Å². The Kier molecular flexibility index (Phi) is 2.82. The van der Waals surface area contributed by atoms with E-state index < -0.39 is 26.1 Å². The minimum absolute atomic E-state index is 0.647. The molecule has 1 heterocycles. The molecular formula is C6H4ClF2NO2S. The molecule has 0 saturated carbocycles. The third-order valence-electron chi connectivity index (χ3n) is 1.27. The molecule has 0 aliphatic heterocycles. The van der Waals surface area contributed by atoms with Crippen LogP contribution in [0.1, 0.15) is 12.1 Å². The van der Waals surface area contributed by atoms with E-state index in [-0.39, 0.29) is 0 Å². The molecule has 0 fully saturated rings. The van der Waals surface area contributed by atoms with Crippen molar-refractivity contribution in [2.24, 2.45) is 0 Å². The quantitative estimate of drug-likeness (QED) is 0.726. The molecule has 0 unspecified atom stereocenters. The third-order valence-corrected chi connectivity index (χ3v) is 2.64. The standard InChI is InChI=1S/C6H4ClF2NO2S/c7-13(11,12)4-2-1-3-10-5(4)6(8)9/h1-3,6H. The molecule has 0 aromatic carbocycles. The molecule has 0 radical (unpaired) electrons. The summed E-state index contributed by atoms with van der Waals surface area (Å²) in [6.07, 6.45) is -1.88. The predicted molar refractivity (Wildman–Crippen MR) is 42.2 cm³/mol. The van der Waals surface area contributed by atoms with E-state index in [1.807, 2.05) is 0 Å². The van der Waals surface area contributed by atoms with Crippen molar-refractivity contribution < 1.29 is 17.2 Å². The van der Waals surface area contributed by atoms with Gasteiger partial charge in [-0.25, -0.2) is 17.2 Å². The van der Waals surface area contributed by atoms with Crippen molar-refractivity contribution in [3.05, 3.63) is 24.0 Å². The van der Waals surface area contributed by atoms with Crippen molar-refractivity contribution in [3.8, 4) is 0 Å². The highest BCUT2D eigenvalue weighted by Crippen LogP contribution is 2.25. The van der Waals surface area contributed by atoms with Crippen LogP contribution in [0.3, 0.4) is 0 Å². The van der Waals surface area contributed by atoms with Crippen LogP contribution in [-0.4, -0.2) is 13.4 Å². The van der Waals surface area contributed by atoms with Gasteiger partial charge in [0.1, 0.15) is 10.6 Å². The average Bonchev–Trinajstić information content (AvgIpc) is 2.03. The lowest BCUT2D eigenvalue weighted by Crippen LogP contribution is -2.00. The fraction of sp³-hybridized carbons (Fsp3) is 0.167. The smallest absolute Gasteiger partial charge is 0.254 e.